The first kappa shape index (κ1) is 16.1. The molecule has 0 aromatic carbocycles. The standard InChI is InChI=1S/C16H21N3O3S/c1-9-10(2)23-15-13(9)14(21)18-11(19-15)4-5-12(20)17-8-16(22)6-3-7-16/h22H,3-8H2,1-2H3,(H,17,20)(H,18,19,21). The number of rotatable bonds is 5. The Kier molecular flexibility index (Phi) is 4.25. The predicted octanol–water partition coefficient (Wildman–Crippen LogP) is 1.57. The number of aliphatic hydroxyl groups is 1. The fraction of sp³-hybridized carbons (Fsp3) is 0.562. The van der Waals surface area contributed by atoms with Crippen molar-refractivity contribution in [3.8, 4) is 0 Å². The maximum Gasteiger partial charge on any atom is 0.259 e. The number of carbonyl (C=O) groups excluding carboxylic acids is 1. The largest absolute Gasteiger partial charge is 0.388 e. The van der Waals surface area contributed by atoms with Crippen molar-refractivity contribution >= 4 is 27.5 Å². The number of H-pyrrole nitrogens is 1. The van der Waals surface area contributed by atoms with Crippen molar-refractivity contribution in [2.75, 3.05) is 6.54 Å². The van der Waals surface area contributed by atoms with Crippen LogP contribution in [0.25, 0.3) is 10.2 Å². The highest BCUT2D eigenvalue weighted by atomic mass is 32.1. The molecule has 1 aliphatic rings. The number of nitrogens with one attached hydrogen (secondary N) is 2. The molecule has 6 nitrogen and oxygen atoms in total. The lowest BCUT2D eigenvalue weighted by Gasteiger charge is -2.36. The van der Waals surface area contributed by atoms with Crippen LogP contribution >= 0.6 is 11.3 Å². The molecule has 1 aliphatic carbocycles. The van der Waals surface area contributed by atoms with Crippen LogP contribution in [0.4, 0.5) is 0 Å². The van der Waals surface area contributed by atoms with Gasteiger partial charge in [0, 0.05) is 24.3 Å². The molecule has 0 radical (unpaired) electrons. The van der Waals surface area contributed by atoms with Crippen molar-refractivity contribution in [2.24, 2.45) is 0 Å². The Hall–Kier alpha value is -1.73. The van der Waals surface area contributed by atoms with E-state index < -0.39 is 5.60 Å². The van der Waals surface area contributed by atoms with Crippen molar-refractivity contribution < 1.29 is 9.90 Å². The molecule has 0 saturated heterocycles. The van der Waals surface area contributed by atoms with E-state index in [1.807, 2.05) is 13.8 Å². The van der Waals surface area contributed by atoms with Gasteiger partial charge >= 0.3 is 0 Å². The number of aromatic amines is 1. The quantitative estimate of drug-likeness (QED) is 0.773. The first-order chi connectivity index (χ1) is 10.9. The second-order valence-electron chi connectivity index (χ2n) is 6.33. The Morgan fingerprint density at radius 2 is 2.17 bits per heavy atom. The lowest BCUT2D eigenvalue weighted by atomic mass is 9.80. The number of aromatic nitrogens is 2. The highest BCUT2D eigenvalue weighted by Gasteiger charge is 2.34. The molecule has 1 amide bonds. The summed E-state index contributed by atoms with van der Waals surface area (Å²) >= 11 is 1.50. The first-order valence-electron chi connectivity index (χ1n) is 7.86. The maximum absolute atomic E-state index is 12.2. The highest BCUT2D eigenvalue weighted by Crippen LogP contribution is 2.30. The van der Waals surface area contributed by atoms with Crippen molar-refractivity contribution in [1.29, 1.82) is 0 Å². The second kappa shape index (κ2) is 6.05. The molecular formula is C16H21N3O3S. The zero-order valence-electron chi connectivity index (χ0n) is 13.4. The van der Waals surface area contributed by atoms with Crippen molar-refractivity contribution in [3.05, 3.63) is 26.6 Å². The van der Waals surface area contributed by atoms with Crippen LogP contribution in [-0.4, -0.2) is 33.1 Å². The summed E-state index contributed by atoms with van der Waals surface area (Å²) < 4.78 is 0. The molecule has 1 fully saturated rings. The zero-order valence-corrected chi connectivity index (χ0v) is 14.2. The Morgan fingerprint density at radius 3 is 2.83 bits per heavy atom. The van der Waals surface area contributed by atoms with Gasteiger partial charge in [-0.1, -0.05) is 0 Å². The maximum atomic E-state index is 12.2. The van der Waals surface area contributed by atoms with E-state index in [0.29, 0.717) is 24.2 Å². The summed E-state index contributed by atoms with van der Waals surface area (Å²) in [5.41, 5.74) is 0.112. The van der Waals surface area contributed by atoms with Gasteiger partial charge in [-0.25, -0.2) is 4.98 Å². The average molecular weight is 335 g/mol. The summed E-state index contributed by atoms with van der Waals surface area (Å²) in [4.78, 5) is 33.1. The van der Waals surface area contributed by atoms with Crippen LogP contribution < -0.4 is 10.9 Å². The van der Waals surface area contributed by atoms with Crippen molar-refractivity contribution in [1.82, 2.24) is 15.3 Å². The minimum atomic E-state index is -0.715. The summed E-state index contributed by atoms with van der Waals surface area (Å²) in [5.74, 6) is 0.396. The summed E-state index contributed by atoms with van der Waals surface area (Å²) in [6.45, 7) is 4.20. The monoisotopic (exact) mass is 335 g/mol. The number of aryl methyl sites for hydroxylation is 3. The molecule has 7 heteroatoms. The molecule has 1 saturated carbocycles. The van der Waals surface area contributed by atoms with Crippen LogP contribution in [0.5, 0.6) is 0 Å². The number of nitrogens with zero attached hydrogens (tertiary/aromatic N) is 1. The van der Waals surface area contributed by atoms with Gasteiger partial charge < -0.3 is 15.4 Å². The van der Waals surface area contributed by atoms with E-state index >= 15 is 0 Å². The molecule has 0 aliphatic heterocycles. The SMILES string of the molecule is Cc1sc2nc(CCC(=O)NCC3(O)CCC3)[nH]c(=O)c2c1C. The molecule has 2 heterocycles. The number of carbonyl (C=O) groups is 1. The fourth-order valence-electron chi connectivity index (χ4n) is 2.76. The molecule has 124 valence electrons. The predicted molar refractivity (Wildman–Crippen MR) is 89.8 cm³/mol. The molecule has 3 rings (SSSR count). The molecule has 0 bridgehead atoms. The molecule has 23 heavy (non-hydrogen) atoms. The number of hydrogen-bond donors (Lipinski definition) is 3. The number of thiophene rings is 1. The molecule has 0 unspecified atom stereocenters. The minimum Gasteiger partial charge on any atom is -0.388 e. The van der Waals surface area contributed by atoms with E-state index in [2.05, 4.69) is 15.3 Å². The van der Waals surface area contributed by atoms with Gasteiger partial charge in [-0.3, -0.25) is 9.59 Å². The van der Waals surface area contributed by atoms with Crippen LogP contribution in [0.2, 0.25) is 0 Å². The molecule has 3 N–H and O–H groups in total. The topological polar surface area (TPSA) is 95.1 Å². The van der Waals surface area contributed by atoms with E-state index in [9.17, 15) is 14.7 Å². The third-order valence-corrected chi connectivity index (χ3v) is 5.68. The van der Waals surface area contributed by atoms with Gasteiger partial charge in [-0.2, -0.15) is 0 Å². The van der Waals surface area contributed by atoms with Crippen LogP contribution in [-0.2, 0) is 11.2 Å². The van der Waals surface area contributed by atoms with Gasteiger partial charge in [0.15, 0.2) is 0 Å². The average Bonchev–Trinajstić information content (AvgIpc) is 2.76. The second-order valence-corrected chi connectivity index (χ2v) is 7.53. The highest BCUT2D eigenvalue weighted by molar-refractivity contribution is 7.18. The molecular weight excluding hydrogens is 314 g/mol. The molecule has 2 aromatic rings. The zero-order chi connectivity index (χ0) is 16.6. The number of hydrogen-bond acceptors (Lipinski definition) is 5. The van der Waals surface area contributed by atoms with E-state index in [-0.39, 0.29) is 17.9 Å². The van der Waals surface area contributed by atoms with Gasteiger partial charge in [0.2, 0.25) is 5.91 Å². The lowest BCUT2D eigenvalue weighted by Crippen LogP contribution is -2.47. The van der Waals surface area contributed by atoms with E-state index in [0.717, 1.165) is 34.5 Å². The van der Waals surface area contributed by atoms with Gasteiger partial charge in [0.05, 0.1) is 11.0 Å². The summed E-state index contributed by atoms with van der Waals surface area (Å²) in [6.07, 6.45) is 3.13. The van der Waals surface area contributed by atoms with Gasteiger partial charge in [0.25, 0.3) is 5.56 Å². The van der Waals surface area contributed by atoms with Crippen LogP contribution in [0.15, 0.2) is 4.79 Å². The normalized spacial score (nSPS) is 16.3. The first-order valence-corrected chi connectivity index (χ1v) is 8.68. The Labute approximate surface area is 138 Å². The van der Waals surface area contributed by atoms with E-state index in [4.69, 9.17) is 0 Å². The molecule has 0 spiro atoms. The van der Waals surface area contributed by atoms with Crippen LogP contribution in [0, 0.1) is 13.8 Å². The fourth-order valence-corrected chi connectivity index (χ4v) is 3.81. The third-order valence-electron chi connectivity index (χ3n) is 4.58. The Bertz CT molecular complexity index is 805. The van der Waals surface area contributed by atoms with Gasteiger partial charge in [0.1, 0.15) is 10.7 Å². The van der Waals surface area contributed by atoms with Crippen LogP contribution in [0.3, 0.4) is 0 Å². The smallest absolute Gasteiger partial charge is 0.259 e. The third kappa shape index (κ3) is 3.30. The number of fused-ring (bicyclic) bond motifs is 1. The van der Waals surface area contributed by atoms with E-state index in [1.54, 1.807) is 0 Å². The van der Waals surface area contributed by atoms with E-state index in [1.165, 1.54) is 11.3 Å². The Balaban J connectivity index is 1.63. The van der Waals surface area contributed by atoms with Crippen molar-refractivity contribution in [2.45, 2.75) is 51.6 Å². The summed E-state index contributed by atoms with van der Waals surface area (Å²) in [6, 6.07) is 0. The van der Waals surface area contributed by atoms with Gasteiger partial charge in [-0.15, -0.1) is 11.3 Å². The lowest BCUT2D eigenvalue weighted by molar-refractivity contribution is -0.123. The Morgan fingerprint density at radius 1 is 1.43 bits per heavy atom. The number of amides is 1. The minimum absolute atomic E-state index is 0.133. The summed E-state index contributed by atoms with van der Waals surface area (Å²) in [5, 5.41) is 13.4. The molecule has 0 atom stereocenters. The van der Waals surface area contributed by atoms with Crippen LogP contribution in [0.1, 0.15) is 41.9 Å². The van der Waals surface area contributed by atoms with Gasteiger partial charge in [-0.05, 0) is 38.7 Å². The molecule has 2 aromatic heterocycles. The van der Waals surface area contributed by atoms with Crippen molar-refractivity contribution in [3.63, 3.8) is 0 Å². The summed E-state index contributed by atoms with van der Waals surface area (Å²) in [7, 11) is 0.